The Kier molecular flexibility index (Phi) is 14.1. The van der Waals surface area contributed by atoms with Gasteiger partial charge in [0.2, 0.25) is 0 Å². The number of rotatable bonds is 2. The highest BCUT2D eigenvalue weighted by Crippen LogP contribution is 2.27. The molecule has 0 saturated carbocycles. The SMILES string of the molecule is CC.CC.CC.CCCc1c(C)nc2c(c1C)CCC2. The number of aromatic nitrogens is 1. The summed E-state index contributed by atoms with van der Waals surface area (Å²) in [6, 6.07) is 0. The summed E-state index contributed by atoms with van der Waals surface area (Å²) >= 11 is 0. The maximum atomic E-state index is 4.73. The summed E-state index contributed by atoms with van der Waals surface area (Å²) in [4.78, 5) is 4.73. The van der Waals surface area contributed by atoms with Crippen molar-refractivity contribution in [1.29, 1.82) is 0 Å². The molecule has 0 saturated heterocycles. The van der Waals surface area contributed by atoms with Crippen LogP contribution in [-0.2, 0) is 19.3 Å². The Morgan fingerprint density at radius 3 is 1.95 bits per heavy atom. The van der Waals surface area contributed by atoms with Gasteiger partial charge in [-0.2, -0.15) is 0 Å². The van der Waals surface area contributed by atoms with Crippen molar-refractivity contribution in [2.75, 3.05) is 0 Å². The lowest BCUT2D eigenvalue weighted by Crippen LogP contribution is -2.02. The number of fused-ring (bicyclic) bond motifs is 1. The number of nitrogens with zero attached hydrogens (tertiary/aromatic N) is 1. The van der Waals surface area contributed by atoms with Crippen LogP contribution >= 0.6 is 0 Å². The van der Waals surface area contributed by atoms with Crippen molar-refractivity contribution >= 4 is 0 Å². The third-order valence-corrected chi connectivity index (χ3v) is 3.33. The Morgan fingerprint density at radius 2 is 1.45 bits per heavy atom. The third-order valence-electron chi connectivity index (χ3n) is 3.33. The predicted octanol–water partition coefficient (Wildman–Crippen LogP) is 6.22. The highest BCUT2D eigenvalue weighted by molar-refractivity contribution is 5.41. The lowest BCUT2D eigenvalue weighted by atomic mass is 9.97. The van der Waals surface area contributed by atoms with Crippen molar-refractivity contribution in [1.82, 2.24) is 4.98 Å². The second-order valence-corrected chi connectivity index (χ2v) is 4.33. The Labute approximate surface area is 128 Å². The summed E-state index contributed by atoms with van der Waals surface area (Å²) < 4.78 is 0. The van der Waals surface area contributed by atoms with Gasteiger partial charge in [-0.1, -0.05) is 54.9 Å². The van der Waals surface area contributed by atoms with Gasteiger partial charge >= 0.3 is 0 Å². The fourth-order valence-corrected chi connectivity index (χ4v) is 2.60. The van der Waals surface area contributed by atoms with Gasteiger partial charge in [0, 0.05) is 11.4 Å². The molecule has 1 aliphatic rings. The summed E-state index contributed by atoms with van der Waals surface area (Å²) in [7, 11) is 0. The first-order valence-electron chi connectivity index (χ1n) is 8.71. The molecule has 0 amide bonds. The average Bonchev–Trinajstić information content (AvgIpc) is 2.98. The fraction of sp³-hybridized carbons (Fsp3) is 0.737. The molecule has 0 radical (unpaired) electrons. The average molecular weight is 280 g/mol. The first-order chi connectivity index (χ1) is 9.74. The fourth-order valence-electron chi connectivity index (χ4n) is 2.60. The smallest absolute Gasteiger partial charge is 0.0441 e. The normalized spacial score (nSPS) is 11.1. The molecule has 0 unspecified atom stereocenters. The highest BCUT2D eigenvalue weighted by atomic mass is 14.7. The zero-order valence-electron chi connectivity index (χ0n) is 15.5. The molecule has 0 bridgehead atoms. The molecule has 118 valence electrons. The van der Waals surface area contributed by atoms with Gasteiger partial charge in [0.1, 0.15) is 0 Å². The second-order valence-electron chi connectivity index (χ2n) is 4.33. The van der Waals surface area contributed by atoms with Gasteiger partial charge in [0.05, 0.1) is 0 Å². The van der Waals surface area contributed by atoms with E-state index in [1.807, 2.05) is 41.5 Å². The van der Waals surface area contributed by atoms with Crippen molar-refractivity contribution in [3.8, 4) is 0 Å². The van der Waals surface area contributed by atoms with Gasteiger partial charge in [-0.3, -0.25) is 4.98 Å². The van der Waals surface area contributed by atoms with Crippen LogP contribution in [0.2, 0.25) is 0 Å². The van der Waals surface area contributed by atoms with Gasteiger partial charge in [0.25, 0.3) is 0 Å². The maximum Gasteiger partial charge on any atom is 0.0441 e. The number of aryl methyl sites for hydroxylation is 2. The maximum absolute atomic E-state index is 4.73. The zero-order valence-corrected chi connectivity index (χ0v) is 15.5. The van der Waals surface area contributed by atoms with Gasteiger partial charge in [-0.25, -0.2) is 0 Å². The summed E-state index contributed by atoms with van der Waals surface area (Å²) in [5.74, 6) is 0. The van der Waals surface area contributed by atoms with E-state index in [0.29, 0.717) is 0 Å². The molecular weight excluding hydrogens is 242 g/mol. The molecule has 0 aromatic carbocycles. The minimum absolute atomic E-state index is 1.19. The summed E-state index contributed by atoms with van der Waals surface area (Å²) in [5, 5.41) is 0. The van der Waals surface area contributed by atoms with Crippen molar-refractivity contribution in [2.45, 2.75) is 94.4 Å². The van der Waals surface area contributed by atoms with Crippen LogP contribution in [-0.4, -0.2) is 4.98 Å². The van der Waals surface area contributed by atoms with Crippen molar-refractivity contribution < 1.29 is 0 Å². The van der Waals surface area contributed by atoms with E-state index < -0.39 is 0 Å². The second kappa shape index (κ2) is 13.1. The molecule has 0 N–H and O–H groups in total. The molecule has 0 fully saturated rings. The molecule has 1 nitrogen and oxygen atoms in total. The molecular formula is C19H37N. The molecule has 0 atom stereocenters. The molecule has 1 heterocycles. The largest absolute Gasteiger partial charge is 0.258 e. The van der Waals surface area contributed by atoms with Crippen LogP contribution < -0.4 is 0 Å². The summed E-state index contributed by atoms with van der Waals surface area (Å²) in [5.41, 5.74) is 7.24. The van der Waals surface area contributed by atoms with E-state index in [1.165, 1.54) is 54.6 Å². The molecule has 1 aromatic heterocycles. The predicted molar refractivity (Wildman–Crippen MR) is 93.8 cm³/mol. The lowest BCUT2D eigenvalue weighted by molar-refractivity contribution is 0.875. The van der Waals surface area contributed by atoms with Crippen molar-refractivity contribution in [2.24, 2.45) is 0 Å². The van der Waals surface area contributed by atoms with Crippen LogP contribution in [0.15, 0.2) is 0 Å². The minimum atomic E-state index is 1.19. The van der Waals surface area contributed by atoms with Crippen LogP contribution in [0.25, 0.3) is 0 Å². The molecule has 1 aliphatic carbocycles. The Hall–Kier alpha value is -0.850. The minimum Gasteiger partial charge on any atom is -0.258 e. The van der Waals surface area contributed by atoms with Crippen LogP contribution in [0, 0.1) is 13.8 Å². The number of hydrogen-bond donors (Lipinski definition) is 0. The molecule has 0 spiro atoms. The van der Waals surface area contributed by atoms with E-state index in [2.05, 4.69) is 20.8 Å². The Morgan fingerprint density at radius 1 is 0.900 bits per heavy atom. The topological polar surface area (TPSA) is 12.9 Å². The first kappa shape index (κ1) is 21.4. The van der Waals surface area contributed by atoms with Gasteiger partial charge < -0.3 is 0 Å². The molecule has 1 aromatic rings. The standard InChI is InChI=1S/C13H19N.3C2H6/c1-4-6-11-9(2)12-7-5-8-13(12)14-10(11)3;3*1-2/h4-8H2,1-3H3;3*1-2H3. The zero-order chi connectivity index (χ0) is 16.1. The van der Waals surface area contributed by atoms with Crippen LogP contribution in [0.5, 0.6) is 0 Å². The lowest BCUT2D eigenvalue weighted by Gasteiger charge is -2.12. The Balaban J connectivity index is 0. The number of hydrogen-bond acceptors (Lipinski definition) is 1. The van der Waals surface area contributed by atoms with Crippen LogP contribution in [0.4, 0.5) is 0 Å². The van der Waals surface area contributed by atoms with Crippen molar-refractivity contribution in [3.63, 3.8) is 0 Å². The summed E-state index contributed by atoms with van der Waals surface area (Å²) in [6.07, 6.45) is 6.17. The monoisotopic (exact) mass is 279 g/mol. The quantitative estimate of drug-likeness (QED) is 0.626. The third kappa shape index (κ3) is 5.64. The molecule has 0 aliphatic heterocycles. The van der Waals surface area contributed by atoms with E-state index in [1.54, 1.807) is 5.56 Å². The summed E-state index contributed by atoms with van der Waals surface area (Å²) in [6.45, 7) is 18.7. The van der Waals surface area contributed by atoms with E-state index in [-0.39, 0.29) is 0 Å². The Bertz CT molecular complexity index is 353. The van der Waals surface area contributed by atoms with Gasteiger partial charge in [-0.05, 0) is 56.2 Å². The first-order valence-corrected chi connectivity index (χ1v) is 8.71. The number of pyridine rings is 1. The molecule has 2 rings (SSSR count). The molecule has 1 heteroatoms. The van der Waals surface area contributed by atoms with Crippen LogP contribution in [0.3, 0.4) is 0 Å². The highest BCUT2D eigenvalue weighted by Gasteiger charge is 2.18. The van der Waals surface area contributed by atoms with E-state index in [0.717, 1.165) is 0 Å². The van der Waals surface area contributed by atoms with Gasteiger partial charge in [-0.15, -0.1) is 0 Å². The molecule has 20 heavy (non-hydrogen) atoms. The van der Waals surface area contributed by atoms with Gasteiger partial charge in [0.15, 0.2) is 0 Å². The van der Waals surface area contributed by atoms with E-state index in [4.69, 9.17) is 4.98 Å². The van der Waals surface area contributed by atoms with E-state index in [9.17, 15) is 0 Å². The van der Waals surface area contributed by atoms with E-state index >= 15 is 0 Å². The van der Waals surface area contributed by atoms with Crippen LogP contribution in [0.1, 0.15) is 89.4 Å². The van der Waals surface area contributed by atoms with Crippen molar-refractivity contribution in [3.05, 3.63) is 28.1 Å².